The molecule has 1 aliphatic carbocycles. The van der Waals surface area contributed by atoms with Gasteiger partial charge in [-0.25, -0.2) is 0 Å². The van der Waals surface area contributed by atoms with Crippen LogP contribution in [-0.2, 0) is 12.8 Å². The number of rotatable bonds is 9. The van der Waals surface area contributed by atoms with Crippen LogP contribution in [0.15, 0.2) is 73.4 Å². The van der Waals surface area contributed by atoms with Crippen LogP contribution in [0.1, 0.15) is 30.9 Å². The van der Waals surface area contributed by atoms with Crippen LogP contribution < -0.4 is 5.32 Å². The van der Waals surface area contributed by atoms with Gasteiger partial charge < -0.3 is 5.32 Å². The molecule has 3 rings (SSSR count). The molecule has 0 radical (unpaired) electrons. The van der Waals surface area contributed by atoms with Crippen molar-refractivity contribution in [2.24, 2.45) is 11.8 Å². The van der Waals surface area contributed by atoms with Gasteiger partial charge in [-0.05, 0) is 72.9 Å². The minimum atomic E-state index is 0.517. The summed E-state index contributed by atoms with van der Waals surface area (Å²) in [5.74, 6) is 1.19. The molecule has 0 bridgehead atoms. The predicted octanol–water partition coefficient (Wildman–Crippen LogP) is 4.38. The van der Waals surface area contributed by atoms with Crippen molar-refractivity contribution in [1.82, 2.24) is 15.3 Å². The summed E-state index contributed by atoms with van der Waals surface area (Å²) in [5.41, 5.74) is 2.73. The Hall–Kier alpha value is -2.26. The highest BCUT2D eigenvalue weighted by molar-refractivity contribution is 5.14. The van der Waals surface area contributed by atoms with Gasteiger partial charge in [0.25, 0.3) is 0 Å². The second-order valence-electron chi connectivity index (χ2n) is 7.19. The highest BCUT2D eigenvalue weighted by atomic mass is 14.9. The number of nitrogens with one attached hydrogen (secondary N) is 1. The van der Waals surface area contributed by atoms with Crippen molar-refractivity contribution in [3.63, 3.8) is 0 Å². The SMILES string of the molecule is CC1C=CC=CC1CNC(CCc1ccncc1)CCc1ccncc1. The highest BCUT2D eigenvalue weighted by Crippen LogP contribution is 2.19. The van der Waals surface area contributed by atoms with Crippen LogP contribution in [0.25, 0.3) is 0 Å². The normalized spacial score (nSPS) is 19.2. The Kier molecular flexibility index (Phi) is 7.15. The maximum atomic E-state index is 4.12. The second kappa shape index (κ2) is 10.0. The molecule has 0 saturated carbocycles. The fraction of sp³-hybridized carbons (Fsp3) is 0.391. The summed E-state index contributed by atoms with van der Waals surface area (Å²) >= 11 is 0. The second-order valence-corrected chi connectivity index (χ2v) is 7.19. The van der Waals surface area contributed by atoms with Gasteiger partial charge in [0.15, 0.2) is 0 Å². The molecular formula is C23H29N3. The zero-order valence-electron chi connectivity index (χ0n) is 15.6. The van der Waals surface area contributed by atoms with Gasteiger partial charge in [0.1, 0.15) is 0 Å². The van der Waals surface area contributed by atoms with Crippen LogP contribution in [0.3, 0.4) is 0 Å². The maximum absolute atomic E-state index is 4.12. The summed E-state index contributed by atoms with van der Waals surface area (Å²) < 4.78 is 0. The number of pyridine rings is 2. The van der Waals surface area contributed by atoms with Crippen LogP contribution in [0.4, 0.5) is 0 Å². The third kappa shape index (κ3) is 5.92. The van der Waals surface area contributed by atoms with Crippen molar-refractivity contribution in [3.05, 3.63) is 84.5 Å². The predicted molar refractivity (Wildman–Crippen MR) is 108 cm³/mol. The van der Waals surface area contributed by atoms with Crippen molar-refractivity contribution < 1.29 is 0 Å². The lowest BCUT2D eigenvalue weighted by atomic mass is 9.89. The number of aryl methyl sites for hydroxylation is 2. The first-order valence-electron chi connectivity index (χ1n) is 9.67. The summed E-state index contributed by atoms with van der Waals surface area (Å²) in [6, 6.07) is 9.00. The number of hydrogen-bond donors (Lipinski definition) is 1. The largest absolute Gasteiger partial charge is 0.313 e. The average Bonchev–Trinajstić information content (AvgIpc) is 2.70. The van der Waals surface area contributed by atoms with E-state index in [1.807, 2.05) is 24.8 Å². The molecule has 0 saturated heterocycles. The van der Waals surface area contributed by atoms with Crippen molar-refractivity contribution in [2.75, 3.05) is 6.54 Å². The first-order valence-corrected chi connectivity index (χ1v) is 9.67. The average molecular weight is 348 g/mol. The zero-order valence-corrected chi connectivity index (χ0v) is 15.6. The van der Waals surface area contributed by atoms with E-state index < -0.39 is 0 Å². The fourth-order valence-electron chi connectivity index (χ4n) is 3.45. The Morgan fingerprint density at radius 2 is 1.38 bits per heavy atom. The molecule has 0 aliphatic heterocycles. The van der Waals surface area contributed by atoms with Crippen LogP contribution in [0.2, 0.25) is 0 Å². The van der Waals surface area contributed by atoms with E-state index in [2.05, 4.69) is 70.8 Å². The van der Waals surface area contributed by atoms with Crippen molar-refractivity contribution in [2.45, 2.75) is 38.6 Å². The van der Waals surface area contributed by atoms with Gasteiger partial charge in [-0.15, -0.1) is 0 Å². The van der Waals surface area contributed by atoms with Crippen molar-refractivity contribution in [1.29, 1.82) is 0 Å². The molecule has 26 heavy (non-hydrogen) atoms. The topological polar surface area (TPSA) is 37.8 Å². The molecule has 2 heterocycles. The first kappa shape index (κ1) is 18.5. The molecule has 3 nitrogen and oxygen atoms in total. The Morgan fingerprint density at radius 1 is 0.846 bits per heavy atom. The zero-order chi connectivity index (χ0) is 18.0. The van der Waals surface area contributed by atoms with Crippen molar-refractivity contribution in [3.8, 4) is 0 Å². The molecule has 2 unspecified atom stereocenters. The minimum Gasteiger partial charge on any atom is -0.313 e. The Labute approximate surface area is 157 Å². The van der Waals surface area contributed by atoms with Gasteiger partial charge in [0.2, 0.25) is 0 Å². The quantitative estimate of drug-likeness (QED) is 0.731. The summed E-state index contributed by atoms with van der Waals surface area (Å²) in [7, 11) is 0. The van der Waals surface area contributed by atoms with Gasteiger partial charge >= 0.3 is 0 Å². The van der Waals surface area contributed by atoms with E-state index >= 15 is 0 Å². The number of aromatic nitrogens is 2. The summed E-state index contributed by atoms with van der Waals surface area (Å²) in [5, 5.41) is 3.84. The third-order valence-corrected chi connectivity index (χ3v) is 5.26. The van der Waals surface area contributed by atoms with E-state index in [4.69, 9.17) is 0 Å². The van der Waals surface area contributed by atoms with Gasteiger partial charge in [-0.1, -0.05) is 31.2 Å². The molecule has 0 aromatic carbocycles. The first-order chi connectivity index (χ1) is 12.8. The molecule has 136 valence electrons. The molecule has 2 aromatic heterocycles. The van der Waals surface area contributed by atoms with E-state index in [0.29, 0.717) is 17.9 Å². The van der Waals surface area contributed by atoms with Crippen LogP contribution >= 0.6 is 0 Å². The van der Waals surface area contributed by atoms with Crippen LogP contribution in [0, 0.1) is 11.8 Å². The van der Waals surface area contributed by atoms with Gasteiger partial charge in [-0.2, -0.15) is 0 Å². The molecule has 0 amide bonds. The van der Waals surface area contributed by atoms with Crippen LogP contribution in [-0.4, -0.2) is 22.6 Å². The minimum absolute atomic E-state index is 0.517. The number of hydrogen-bond acceptors (Lipinski definition) is 3. The Morgan fingerprint density at radius 3 is 1.92 bits per heavy atom. The Bertz CT molecular complexity index is 650. The molecule has 2 aromatic rings. The lowest BCUT2D eigenvalue weighted by Gasteiger charge is -2.25. The smallest absolute Gasteiger partial charge is 0.0270 e. The molecule has 1 aliphatic rings. The fourth-order valence-corrected chi connectivity index (χ4v) is 3.45. The maximum Gasteiger partial charge on any atom is 0.0270 e. The molecule has 0 spiro atoms. The molecule has 2 atom stereocenters. The standard InChI is InChI=1S/C23H29N3/c1-19-4-2-3-5-22(19)18-26-23(8-6-20-10-14-24-15-11-20)9-7-21-12-16-25-17-13-21/h2-5,10-17,19,22-23,26H,6-9,18H2,1H3. The van der Waals surface area contributed by atoms with Gasteiger partial charge in [0.05, 0.1) is 0 Å². The monoisotopic (exact) mass is 347 g/mol. The summed E-state index contributed by atoms with van der Waals surface area (Å²) in [6.07, 6.45) is 21.0. The summed E-state index contributed by atoms with van der Waals surface area (Å²) in [4.78, 5) is 8.24. The van der Waals surface area contributed by atoms with Crippen LogP contribution in [0.5, 0.6) is 0 Å². The van der Waals surface area contributed by atoms with E-state index in [0.717, 1.165) is 32.2 Å². The van der Waals surface area contributed by atoms with E-state index in [9.17, 15) is 0 Å². The van der Waals surface area contributed by atoms with E-state index in [1.54, 1.807) is 0 Å². The highest BCUT2D eigenvalue weighted by Gasteiger charge is 2.16. The lowest BCUT2D eigenvalue weighted by Crippen LogP contribution is -2.35. The lowest BCUT2D eigenvalue weighted by molar-refractivity contribution is 0.391. The molecular weight excluding hydrogens is 318 g/mol. The third-order valence-electron chi connectivity index (χ3n) is 5.26. The number of allylic oxidation sites excluding steroid dienone is 3. The van der Waals surface area contributed by atoms with E-state index in [-0.39, 0.29) is 0 Å². The van der Waals surface area contributed by atoms with E-state index in [1.165, 1.54) is 11.1 Å². The Balaban J connectivity index is 1.54. The van der Waals surface area contributed by atoms with Gasteiger partial charge in [0, 0.05) is 37.4 Å². The van der Waals surface area contributed by atoms with Gasteiger partial charge in [-0.3, -0.25) is 9.97 Å². The molecule has 1 N–H and O–H groups in total. The molecule has 0 fully saturated rings. The summed E-state index contributed by atoms with van der Waals surface area (Å²) in [6.45, 7) is 3.34. The molecule has 3 heteroatoms. The number of nitrogens with zero attached hydrogens (tertiary/aromatic N) is 2. The van der Waals surface area contributed by atoms with Crippen molar-refractivity contribution >= 4 is 0 Å².